The Labute approximate surface area is 177 Å². The molecule has 0 fully saturated rings. The molecule has 1 aromatic carbocycles. The summed E-state index contributed by atoms with van der Waals surface area (Å²) in [6, 6.07) is 7.30. The number of hydrogen-bond donors (Lipinski definition) is 1. The van der Waals surface area contributed by atoms with E-state index < -0.39 is 0 Å². The number of hydrogen-bond acceptors (Lipinski definition) is 4. The van der Waals surface area contributed by atoms with Crippen LogP contribution in [0.3, 0.4) is 0 Å². The molecule has 0 radical (unpaired) electrons. The summed E-state index contributed by atoms with van der Waals surface area (Å²) in [5, 5.41) is 13.9. The molecule has 1 aliphatic carbocycles. The molecule has 0 saturated carbocycles. The number of nitrogens with one attached hydrogen (secondary N) is 1. The van der Waals surface area contributed by atoms with Gasteiger partial charge < -0.3 is 5.32 Å². The van der Waals surface area contributed by atoms with Crippen molar-refractivity contribution in [1.29, 1.82) is 5.26 Å². The fourth-order valence-electron chi connectivity index (χ4n) is 3.10. The Morgan fingerprint density at radius 3 is 2.89 bits per heavy atom. The van der Waals surface area contributed by atoms with Crippen molar-refractivity contribution in [2.24, 2.45) is 5.92 Å². The van der Waals surface area contributed by atoms with Gasteiger partial charge in [0.2, 0.25) is 5.91 Å². The predicted octanol–water partition coefficient (Wildman–Crippen LogP) is 6.43. The molecule has 138 valence electrons. The topological polar surface area (TPSA) is 52.9 Å². The number of carbonyl (C=O) groups is 1. The molecule has 3 nitrogen and oxygen atoms in total. The summed E-state index contributed by atoms with van der Waals surface area (Å²) in [5.74, 6) is 0.220. The third-order valence-corrected chi connectivity index (χ3v) is 6.50. The highest BCUT2D eigenvalue weighted by Gasteiger charge is 2.23. The van der Waals surface area contributed by atoms with E-state index >= 15 is 0 Å². The van der Waals surface area contributed by atoms with E-state index in [2.05, 4.69) is 18.3 Å². The number of benzene rings is 1. The van der Waals surface area contributed by atoms with E-state index in [9.17, 15) is 10.1 Å². The van der Waals surface area contributed by atoms with E-state index in [0.717, 1.165) is 34.2 Å². The van der Waals surface area contributed by atoms with Crippen molar-refractivity contribution in [3.05, 3.63) is 60.4 Å². The zero-order valence-electron chi connectivity index (χ0n) is 14.5. The minimum absolute atomic E-state index is 0.340. The normalized spacial score (nSPS) is 16.0. The lowest BCUT2D eigenvalue weighted by Gasteiger charge is -2.23. The van der Waals surface area contributed by atoms with Crippen LogP contribution in [0.15, 0.2) is 24.3 Å². The average Bonchev–Trinajstić information content (AvgIpc) is 2.62. The lowest BCUT2D eigenvalue weighted by Crippen LogP contribution is -2.15. The van der Waals surface area contributed by atoms with Gasteiger partial charge in [-0.1, -0.05) is 48.4 Å². The molecule has 1 heterocycles. The number of nitrogens with zero attached hydrogens (tertiary/aromatic N) is 1. The molecular weight excluding hydrogens is 419 g/mol. The quantitative estimate of drug-likeness (QED) is 0.446. The van der Waals surface area contributed by atoms with Gasteiger partial charge in [0.1, 0.15) is 11.1 Å². The van der Waals surface area contributed by atoms with Gasteiger partial charge in [0.05, 0.1) is 9.39 Å². The number of amides is 1. The first-order valence-electron chi connectivity index (χ1n) is 8.42. The van der Waals surface area contributed by atoms with E-state index in [1.807, 2.05) is 0 Å². The summed E-state index contributed by atoms with van der Waals surface area (Å²) < 4.78 is 0.746. The first kappa shape index (κ1) is 20.0. The van der Waals surface area contributed by atoms with Crippen LogP contribution in [0.2, 0.25) is 10.0 Å². The SMILES string of the molecule is CC1CCc2c(C#N)c(NC(=O)/C=C/c3ccc(Cl)cc3Cl)sc(=S)c2C1. The van der Waals surface area contributed by atoms with E-state index in [1.54, 1.807) is 24.3 Å². The molecule has 1 aromatic heterocycles. The zero-order chi connectivity index (χ0) is 19.6. The third kappa shape index (κ3) is 4.59. The maximum Gasteiger partial charge on any atom is 0.249 e. The first-order valence-corrected chi connectivity index (χ1v) is 10.4. The molecule has 1 atom stereocenters. The lowest BCUT2D eigenvalue weighted by atomic mass is 9.85. The maximum atomic E-state index is 12.4. The van der Waals surface area contributed by atoms with Crippen molar-refractivity contribution in [1.82, 2.24) is 0 Å². The van der Waals surface area contributed by atoms with Gasteiger partial charge in [0, 0.05) is 16.1 Å². The van der Waals surface area contributed by atoms with Gasteiger partial charge in [-0.25, -0.2) is 0 Å². The van der Waals surface area contributed by atoms with Crippen LogP contribution in [0.25, 0.3) is 6.08 Å². The molecule has 2 aromatic rings. The van der Waals surface area contributed by atoms with Crippen LogP contribution in [0.4, 0.5) is 5.00 Å². The summed E-state index contributed by atoms with van der Waals surface area (Å²) in [5.41, 5.74) is 3.29. The fourth-order valence-corrected chi connectivity index (χ4v) is 4.97. The molecule has 1 unspecified atom stereocenters. The van der Waals surface area contributed by atoms with Gasteiger partial charge in [0.15, 0.2) is 0 Å². The highest BCUT2D eigenvalue weighted by Crippen LogP contribution is 2.36. The smallest absolute Gasteiger partial charge is 0.249 e. The van der Waals surface area contributed by atoms with Crippen molar-refractivity contribution in [3.63, 3.8) is 0 Å². The van der Waals surface area contributed by atoms with Gasteiger partial charge in [0.25, 0.3) is 0 Å². The van der Waals surface area contributed by atoms with E-state index in [1.165, 1.54) is 17.4 Å². The molecule has 1 aliphatic rings. The monoisotopic (exact) mass is 434 g/mol. The number of nitriles is 1. The highest BCUT2D eigenvalue weighted by atomic mass is 35.5. The minimum atomic E-state index is -0.340. The Morgan fingerprint density at radius 2 is 2.19 bits per heavy atom. The van der Waals surface area contributed by atoms with E-state index in [-0.39, 0.29) is 5.91 Å². The number of carbonyl (C=O) groups excluding carboxylic acids is 1. The second kappa shape index (κ2) is 8.53. The first-order chi connectivity index (χ1) is 12.9. The molecule has 7 heteroatoms. The molecule has 0 aliphatic heterocycles. The molecule has 27 heavy (non-hydrogen) atoms. The molecule has 1 N–H and O–H groups in total. The Morgan fingerprint density at radius 1 is 1.41 bits per heavy atom. The summed E-state index contributed by atoms with van der Waals surface area (Å²) in [7, 11) is 0. The molecular formula is C20H16Cl2N2OS2. The number of halogens is 2. The third-order valence-electron chi connectivity index (χ3n) is 4.50. The Balaban J connectivity index is 1.86. The summed E-state index contributed by atoms with van der Waals surface area (Å²) in [4.78, 5) is 12.4. The van der Waals surface area contributed by atoms with Crippen LogP contribution in [0.1, 0.15) is 35.6 Å². The van der Waals surface area contributed by atoms with Crippen LogP contribution in [-0.4, -0.2) is 5.91 Å². The van der Waals surface area contributed by atoms with Crippen LogP contribution < -0.4 is 5.32 Å². The van der Waals surface area contributed by atoms with Crippen molar-refractivity contribution < 1.29 is 4.79 Å². The van der Waals surface area contributed by atoms with Crippen LogP contribution in [-0.2, 0) is 17.6 Å². The predicted molar refractivity (Wildman–Crippen MR) is 115 cm³/mol. The van der Waals surface area contributed by atoms with Crippen molar-refractivity contribution in [2.75, 3.05) is 5.32 Å². The molecule has 1 amide bonds. The number of fused-ring (bicyclic) bond motifs is 1. The molecule has 0 bridgehead atoms. The average molecular weight is 435 g/mol. The Hall–Kier alpha value is -1.71. The fraction of sp³-hybridized carbons (Fsp3) is 0.250. The van der Waals surface area contributed by atoms with Crippen LogP contribution in [0.5, 0.6) is 0 Å². The van der Waals surface area contributed by atoms with Gasteiger partial charge >= 0.3 is 0 Å². The van der Waals surface area contributed by atoms with E-state index in [4.69, 9.17) is 35.4 Å². The second-order valence-electron chi connectivity index (χ2n) is 6.50. The summed E-state index contributed by atoms with van der Waals surface area (Å²) >= 11 is 18.8. The molecule has 0 spiro atoms. The van der Waals surface area contributed by atoms with Gasteiger partial charge in [-0.2, -0.15) is 5.26 Å². The number of rotatable bonds is 3. The zero-order valence-corrected chi connectivity index (χ0v) is 17.7. The molecule has 3 rings (SSSR count). The summed E-state index contributed by atoms with van der Waals surface area (Å²) in [6.07, 6.45) is 5.72. The standard InChI is InChI=1S/C20H16Cl2N2OS2/c1-11-2-6-14-15(8-11)20(26)27-19(16(14)10-23)24-18(25)7-4-12-3-5-13(21)9-17(12)22/h3-5,7,9,11H,2,6,8H2,1H3,(H,24,25)/b7-4+. The van der Waals surface area contributed by atoms with Gasteiger partial charge in [-0.3, -0.25) is 4.79 Å². The Kier molecular flexibility index (Phi) is 6.33. The van der Waals surface area contributed by atoms with E-state index in [0.29, 0.717) is 32.1 Å². The number of anilines is 1. The maximum absolute atomic E-state index is 12.4. The molecule has 0 saturated heterocycles. The summed E-state index contributed by atoms with van der Waals surface area (Å²) in [6.45, 7) is 2.19. The highest BCUT2D eigenvalue weighted by molar-refractivity contribution is 7.73. The van der Waals surface area contributed by atoms with Gasteiger partial charge in [-0.05, 0) is 60.1 Å². The second-order valence-corrected chi connectivity index (χ2v) is 9.03. The van der Waals surface area contributed by atoms with Crippen molar-refractivity contribution in [3.8, 4) is 6.07 Å². The Bertz CT molecular complexity index is 1040. The van der Waals surface area contributed by atoms with Crippen LogP contribution in [0, 0.1) is 21.1 Å². The minimum Gasteiger partial charge on any atom is -0.313 e. The lowest BCUT2D eigenvalue weighted by molar-refractivity contribution is -0.111. The van der Waals surface area contributed by atoms with Crippen molar-refractivity contribution in [2.45, 2.75) is 26.2 Å². The van der Waals surface area contributed by atoms with Crippen LogP contribution >= 0.6 is 46.8 Å². The largest absolute Gasteiger partial charge is 0.313 e. The van der Waals surface area contributed by atoms with Gasteiger partial charge in [-0.15, -0.1) is 11.3 Å². The van der Waals surface area contributed by atoms with Crippen molar-refractivity contribution >= 4 is 63.7 Å².